The lowest BCUT2D eigenvalue weighted by atomic mass is 9.86. The molecule has 0 saturated carbocycles. The molecule has 0 bridgehead atoms. The SMILES string of the molecule is CC(N(C)c1ccccc1CN)C(C)(C)C. The van der Waals surface area contributed by atoms with Crippen LogP contribution in [0.25, 0.3) is 0 Å². The summed E-state index contributed by atoms with van der Waals surface area (Å²) in [6, 6.07) is 8.83. The lowest BCUT2D eigenvalue weighted by Crippen LogP contribution is -2.39. The van der Waals surface area contributed by atoms with Gasteiger partial charge in [-0.3, -0.25) is 0 Å². The fourth-order valence-corrected chi connectivity index (χ4v) is 1.82. The molecular weight excluding hydrogens is 196 g/mol. The lowest BCUT2D eigenvalue weighted by molar-refractivity contribution is 0.329. The largest absolute Gasteiger partial charge is 0.371 e. The van der Waals surface area contributed by atoms with Gasteiger partial charge in [0.15, 0.2) is 0 Å². The van der Waals surface area contributed by atoms with E-state index >= 15 is 0 Å². The zero-order valence-corrected chi connectivity index (χ0v) is 11.1. The quantitative estimate of drug-likeness (QED) is 0.848. The van der Waals surface area contributed by atoms with Gasteiger partial charge in [-0.15, -0.1) is 0 Å². The van der Waals surface area contributed by atoms with Crippen molar-refractivity contribution in [3.05, 3.63) is 29.8 Å². The molecule has 16 heavy (non-hydrogen) atoms. The van der Waals surface area contributed by atoms with Crippen LogP contribution in [0, 0.1) is 5.41 Å². The summed E-state index contributed by atoms with van der Waals surface area (Å²) in [6.07, 6.45) is 0. The summed E-state index contributed by atoms with van der Waals surface area (Å²) < 4.78 is 0. The molecule has 1 rings (SSSR count). The fraction of sp³-hybridized carbons (Fsp3) is 0.571. The first-order valence-electron chi connectivity index (χ1n) is 5.88. The van der Waals surface area contributed by atoms with Gasteiger partial charge in [0.1, 0.15) is 0 Å². The van der Waals surface area contributed by atoms with Gasteiger partial charge in [0, 0.05) is 25.3 Å². The van der Waals surface area contributed by atoms with Gasteiger partial charge in [-0.25, -0.2) is 0 Å². The molecule has 1 aromatic carbocycles. The number of hydrogen-bond donors (Lipinski definition) is 1. The zero-order valence-electron chi connectivity index (χ0n) is 11.1. The number of nitrogens with two attached hydrogens (primary N) is 1. The zero-order chi connectivity index (χ0) is 12.3. The third-order valence-electron chi connectivity index (χ3n) is 3.43. The van der Waals surface area contributed by atoms with Crippen LogP contribution in [-0.4, -0.2) is 13.1 Å². The maximum atomic E-state index is 5.77. The molecule has 0 aromatic heterocycles. The Morgan fingerprint density at radius 1 is 1.25 bits per heavy atom. The number of hydrogen-bond acceptors (Lipinski definition) is 2. The van der Waals surface area contributed by atoms with Crippen molar-refractivity contribution in [2.24, 2.45) is 11.1 Å². The highest BCUT2D eigenvalue weighted by atomic mass is 15.1. The Balaban J connectivity index is 3.00. The van der Waals surface area contributed by atoms with Crippen LogP contribution in [0.2, 0.25) is 0 Å². The van der Waals surface area contributed by atoms with Crippen molar-refractivity contribution in [2.45, 2.75) is 40.3 Å². The predicted molar refractivity (Wildman–Crippen MR) is 71.7 cm³/mol. The second-order valence-electron chi connectivity index (χ2n) is 5.49. The first kappa shape index (κ1) is 13.0. The van der Waals surface area contributed by atoms with Crippen LogP contribution in [0.3, 0.4) is 0 Å². The van der Waals surface area contributed by atoms with Gasteiger partial charge in [-0.05, 0) is 24.0 Å². The monoisotopic (exact) mass is 220 g/mol. The molecule has 0 heterocycles. The van der Waals surface area contributed by atoms with Gasteiger partial charge >= 0.3 is 0 Å². The number of para-hydroxylation sites is 1. The summed E-state index contributed by atoms with van der Waals surface area (Å²) in [5.41, 5.74) is 8.48. The van der Waals surface area contributed by atoms with E-state index in [2.05, 4.69) is 57.8 Å². The maximum Gasteiger partial charge on any atom is 0.0411 e. The second kappa shape index (κ2) is 4.88. The van der Waals surface area contributed by atoms with Crippen LogP contribution < -0.4 is 10.6 Å². The van der Waals surface area contributed by atoms with Crippen molar-refractivity contribution >= 4 is 5.69 Å². The Hall–Kier alpha value is -1.02. The Kier molecular flexibility index (Phi) is 3.98. The molecule has 0 amide bonds. The maximum absolute atomic E-state index is 5.77. The summed E-state index contributed by atoms with van der Waals surface area (Å²) in [6.45, 7) is 9.64. The molecule has 0 saturated heterocycles. The van der Waals surface area contributed by atoms with Crippen LogP contribution in [0.4, 0.5) is 5.69 Å². The minimum atomic E-state index is 0.260. The highest BCUT2D eigenvalue weighted by Crippen LogP contribution is 2.29. The van der Waals surface area contributed by atoms with Gasteiger partial charge in [-0.2, -0.15) is 0 Å². The van der Waals surface area contributed by atoms with E-state index in [1.54, 1.807) is 0 Å². The Bertz CT molecular complexity index is 339. The molecule has 0 spiro atoms. The van der Waals surface area contributed by atoms with E-state index in [1.807, 2.05) is 6.07 Å². The van der Waals surface area contributed by atoms with E-state index in [0.717, 1.165) is 0 Å². The number of rotatable bonds is 3. The first-order valence-corrected chi connectivity index (χ1v) is 5.88. The van der Waals surface area contributed by atoms with Crippen LogP contribution >= 0.6 is 0 Å². The molecule has 1 aromatic rings. The summed E-state index contributed by atoms with van der Waals surface area (Å²) in [5, 5.41) is 0. The van der Waals surface area contributed by atoms with Gasteiger partial charge in [-0.1, -0.05) is 39.0 Å². The normalized spacial score (nSPS) is 13.6. The molecule has 0 fully saturated rings. The molecule has 1 atom stereocenters. The fourth-order valence-electron chi connectivity index (χ4n) is 1.82. The summed E-state index contributed by atoms with van der Waals surface area (Å²) in [4.78, 5) is 2.32. The minimum Gasteiger partial charge on any atom is -0.371 e. The lowest BCUT2D eigenvalue weighted by Gasteiger charge is -2.37. The van der Waals surface area contributed by atoms with E-state index < -0.39 is 0 Å². The van der Waals surface area contributed by atoms with E-state index in [0.29, 0.717) is 12.6 Å². The first-order chi connectivity index (χ1) is 7.38. The van der Waals surface area contributed by atoms with Crippen LogP contribution in [0.1, 0.15) is 33.3 Å². The highest BCUT2D eigenvalue weighted by Gasteiger charge is 2.24. The van der Waals surface area contributed by atoms with Crippen LogP contribution in [-0.2, 0) is 6.54 Å². The number of benzene rings is 1. The van der Waals surface area contributed by atoms with Gasteiger partial charge in [0.25, 0.3) is 0 Å². The van der Waals surface area contributed by atoms with Gasteiger partial charge in [0.05, 0.1) is 0 Å². The molecule has 2 N–H and O–H groups in total. The van der Waals surface area contributed by atoms with Gasteiger partial charge in [0.2, 0.25) is 0 Å². The molecule has 0 aliphatic rings. The van der Waals surface area contributed by atoms with E-state index in [-0.39, 0.29) is 5.41 Å². The molecule has 0 aliphatic heterocycles. The van der Waals surface area contributed by atoms with Crippen molar-refractivity contribution in [3.63, 3.8) is 0 Å². The smallest absolute Gasteiger partial charge is 0.0411 e. The standard InChI is InChI=1S/C14H24N2/c1-11(14(2,3)4)16(5)13-9-7-6-8-12(13)10-15/h6-9,11H,10,15H2,1-5H3. The molecule has 90 valence electrons. The van der Waals surface area contributed by atoms with Crippen LogP contribution in [0.15, 0.2) is 24.3 Å². The van der Waals surface area contributed by atoms with Crippen molar-refractivity contribution in [1.29, 1.82) is 0 Å². The average Bonchev–Trinajstić information content (AvgIpc) is 2.25. The number of nitrogens with zero attached hydrogens (tertiary/aromatic N) is 1. The third kappa shape index (κ3) is 2.76. The van der Waals surface area contributed by atoms with Crippen LogP contribution in [0.5, 0.6) is 0 Å². The molecule has 0 aliphatic carbocycles. The Morgan fingerprint density at radius 3 is 2.31 bits per heavy atom. The predicted octanol–water partition coefficient (Wildman–Crippen LogP) is 3.02. The van der Waals surface area contributed by atoms with Crippen molar-refractivity contribution in [2.75, 3.05) is 11.9 Å². The second-order valence-corrected chi connectivity index (χ2v) is 5.49. The summed E-state index contributed by atoms with van der Waals surface area (Å²) >= 11 is 0. The Labute approximate surface area is 99.5 Å². The minimum absolute atomic E-state index is 0.260. The average molecular weight is 220 g/mol. The molecule has 0 radical (unpaired) electrons. The van der Waals surface area contributed by atoms with E-state index in [4.69, 9.17) is 5.73 Å². The van der Waals surface area contributed by atoms with E-state index in [9.17, 15) is 0 Å². The number of anilines is 1. The molecule has 2 nitrogen and oxygen atoms in total. The molecule has 2 heteroatoms. The van der Waals surface area contributed by atoms with E-state index in [1.165, 1.54) is 11.3 Å². The van der Waals surface area contributed by atoms with Crippen molar-refractivity contribution in [3.8, 4) is 0 Å². The molecule has 1 unspecified atom stereocenters. The molecular formula is C14H24N2. The highest BCUT2D eigenvalue weighted by molar-refractivity contribution is 5.53. The summed E-state index contributed by atoms with van der Waals surface area (Å²) in [7, 11) is 2.14. The van der Waals surface area contributed by atoms with Gasteiger partial charge < -0.3 is 10.6 Å². The summed E-state index contributed by atoms with van der Waals surface area (Å²) in [5.74, 6) is 0. The topological polar surface area (TPSA) is 29.3 Å². The Morgan fingerprint density at radius 2 is 1.81 bits per heavy atom. The van der Waals surface area contributed by atoms with Crippen molar-refractivity contribution < 1.29 is 0 Å². The van der Waals surface area contributed by atoms with Crippen molar-refractivity contribution in [1.82, 2.24) is 0 Å². The third-order valence-corrected chi connectivity index (χ3v) is 3.43.